The van der Waals surface area contributed by atoms with Crippen molar-refractivity contribution in [2.45, 2.75) is 51.9 Å². The van der Waals surface area contributed by atoms with Gasteiger partial charge in [0.2, 0.25) is 5.88 Å². The Morgan fingerprint density at radius 3 is 2.50 bits per heavy atom. The molecule has 0 spiro atoms. The molecule has 2 rings (SSSR count). The van der Waals surface area contributed by atoms with E-state index in [4.69, 9.17) is 33.7 Å². The minimum atomic E-state index is 0.395. The molecule has 1 aromatic carbocycles. The highest BCUT2D eigenvalue weighted by molar-refractivity contribution is 6.35. The van der Waals surface area contributed by atoms with Crippen LogP contribution in [0.4, 0.5) is 5.82 Å². The van der Waals surface area contributed by atoms with Crippen LogP contribution in [0.3, 0.4) is 0 Å². The smallest absolute Gasteiger partial charge is 0.224 e. The van der Waals surface area contributed by atoms with Gasteiger partial charge in [-0.25, -0.2) is 4.98 Å². The van der Waals surface area contributed by atoms with Gasteiger partial charge in [0.25, 0.3) is 0 Å². The Labute approximate surface area is 153 Å². The van der Waals surface area contributed by atoms with Crippen molar-refractivity contribution in [3.05, 3.63) is 40.1 Å². The first-order valence-corrected chi connectivity index (χ1v) is 9.10. The summed E-state index contributed by atoms with van der Waals surface area (Å²) in [5, 5.41) is 0.982. The van der Waals surface area contributed by atoms with E-state index in [0.717, 1.165) is 12.8 Å². The zero-order valence-electron chi connectivity index (χ0n) is 13.9. The third-order valence-electron chi connectivity index (χ3n) is 3.63. The molecule has 130 valence electrons. The third-order valence-corrected chi connectivity index (χ3v) is 4.16. The highest BCUT2D eigenvalue weighted by Crippen LogP contribution is 2.31. The maximum Gasteiger partial charge on any atom is 0.224 e. The molecule has 1 heterocycles. The van der Waals surface area contributed by atoms with Gasteiger partial charge in [-0.05, 0) is 24.6 Å². The van der Waals surface area contributed by atoms with E-state index >= 15 is 0 Å². The molecule has 1 aromatic heterocycles. The number of unbranched alkanes of at least 4 members (excludes halogenated alkanes) is 5. The number of nitrogens with zero attached hydrogens (tertiary/aromatic N) is 2. The zero-order valence-corrected chi connectivity index (χ0v) is 15.4. The molecule has 4 nitrogen and oxygen atoms in total. The molecule has 0 aliphatic rings. The van der Waals surface area contributed by atoms with Crippen LogP contribution in [0.2, 0.25) is 10.0 Å². The number of halogens is 2. The van der Waals surface area contributed by atoms with Crippen LogP contribution in [-0.4, -0.2) is 9.97 Å². The fraction of sp³-hybridized carbons (Fsp3) is 0.444. The Morgan fingerprint density at radius 1 is 1.00 bits per heavy atom. The van der Waals surface area contributed by atoms with Gasteiger partial charge in [0.1, 0.15) is 17.4 Å². The summed E-state index contributed by atoms with van der Waals surface area (Å²) in [5.41, 5.74) is 5.86. The predicted octanol–water partition coefficient (Wildman–Crippen LogP) is 6.06. The quantitative estimate of drug-likeness (QED) is 0.547. The van der Waals surface area contributed by atoms with Crippen molar-refractivity contribution in [3.63, 3.8) is 0 Å². The van der Waals surface area contributed by atoms with Gasteiger partial charge in [0.05, 0.1) is 5.02 Å². The van der Waals surface area contributed by atoms with Gasteiger partial charge in [0.15, 0.2) is 0 Å². The first-order chi connectivity index (χ1) is 11.6. The number of benzene rings is 1. The summed E-state index contributed by atoms with van der Waals surface area (Å²) in [5.74, 6) is 1.98. The van der Waals surface area contributed by atoms with Crippen LogP contribution < -0.4 is 10.5 Å². The van der Waals surface area contributed by atoms with Crippen LogP contribution in [0.5, 0.6) is 11.6 Å². The first-order valence-electron chi connectivity index (χ1n) is 8.35. The largest absolute Gasteiger partial charge is 0.437 e. The lowest BCUT2D eigenvalue weighted by molar-refractivity contribution is 0.458. The maximum absolute atomic E-state index is 6.12. The number of hydrogen-bond acceptors (Lipinski definition) is 4. The molecule has 0 aliphatic carbocycles. The summed E-state index contributed by atoms with van der Waals surface area (Å²) >= 11 is 12.0. The van der Waals surface area contributed by atoms with Gasteiger partial charge >= 0.3 is 0 Å². The number of anilines is 1. The van der Waals surface area contributed by atoms with Crippen LogP contribution in [0.15, 0.2) is 24.3 Å². The van der Waals surface area contributed by atoms with Gasteiger partial charge in [-0.3, -0.25) is 0 Å². The Hall–Kier alpha value is -1.52. The lowest BCUT2D eigenvalue weighted by Gasteiger charge is -2.09. The molecule has 0 saturated carbocycles. The summed E-state index contributed by atoms with van der Waals surface area (Å²) in [7, 11) is 0. The number of aryl methyl sites for hydroxylation is 1. The normalized spacial score (nSPS) is 10.8. The maximum atomic E-state index is 6.12. The number of rotatable bonds is 9. The van der Waals surface area contributed by atoms with E-state index in [1.807, 2.05) is 0 Å². The Kier molecular flexibility index (Phi) is 7.60. The SMILES string of the molecule is CCCCCCCCc1nc(N)cc(Oc2ccc(Cl)cc2Cl)n1. The van der Waals surface area contributed by atoms with Crippen LogP contribution in [0.1, 0.15) is 51.3 Å². The molecular weight excluding hydrogens is 345 g/mol. The Morgan fingerprint density at radius 2 is 1.75 bits per heavy atom. The van der Waals surface area contributed by atoms with Crippen molar-refractivity contribution in [1.29, 1.82) is 0 Å². The second-order valence-corrected chi connectivity index (χ2v) is 6.59. The van der Waals surface area contributed by atoms with Crippen LogP contribution >= 0.6 is 23.2 Å². The molecule has 2 N–H and O–H groups in total. The molecule has 0 aliphatic heterocycles. The van der Waals surface area contributed by atoms with E-state index in [2.05, 4.69) is 16.9 Å². The second-order valence-electron chi connectivity index (χ2n) is 5.74. The van der Waals surface area contributed by atoms with Crippen molar-refractivity contribution in [2.24, 2.45) is 0 Å². The summed E-state index contributed by atoms with van der Waals surface area (Å²) in [6.45, 7) is 2.22. The van der Waals surface area contributed by atoms with Crippen LogP contribution in [0, 0.1) is 0 Å². The molecule has 0 unspecified atom stereocenters. The molecule has 24 heavy (non-hydrogen) atoms. The van der Waals surface area contributed by atoms with E-state index in [1.165, 1.54) is 32.1 Å². The average molecular weight is 368 g/mol. The molecular formula is C18H23Cl2N3O. The molecule has 0 amide bonds. The lowest BCUT2D eigenvalue weighted by Crippen LogP contribution is -2.02. The predicted molar refractivity (Wildman–Crippen MR) is 100 cm³/mol. The molecule has 0 saturated heterocycles. The monoisotopic (exact) mass is 367 g/mol. The van der Waals surface area contributed by atoms with Gasteiger partial charge in [-0.15, -0.1) is 0 Å². The Balaban J connectivity index is 1.95. The summed E-state index contributed by atoms with van der Waals surface area (Å²) < 4.78 is 5.72. The number of hydrogen-bond donors (Lipinski definition) is 1. The molecule has 0 atom stereocenters. The topological polar surface area (TPSA) is 61.0 Å². The summed E-state index contributed by atoms with van der Waals surface area (Å²) in [4.78, 5) is 8.70. The number of ether oxygens (including phenoxy) is 1. The van der Waals surface area contributed by atoms with Crippen molar-refractivity contribution < 1.29 is 4.74 Å². The fourth-order valence-electron chi connectivity index (χ4n) is 2.39. The van der Waals surface area contributed by atoms with E-state index < -0.39 is 0 Å². The summed E-state index contributed by atoms with van der Waals surface area (Å²) in [6.07, 6.45) is 8.12. The number of nitrogens with two attached hydrogens (primary N) is 1. The highest BCUT2D eigenvalue weighted by atomic mass is 35.5. The van der Waals surface area contributed by atoms with Crippen molar-refractivity contribution in [2.75, 3.05) is 5.73 Å². The van der Waals surface area contributed by atoms with E-state index in [0.29, 0.717) is 33.3 Å². The molecule has 0 radical (unpaired) electrons. The fourth-order valence-corrected chi connectivity index (χ4v) is 2.84. The van der Waals surface area contributed by atoms with E-state index in [9.17, 15) is 0 Å². The van der Waals surface area contributed by atoms with E-state index in [1.54, 1.807) is 24.3 Å². The second kappa shape index (κ2) is 9.70. The van der Waals surface area contributed by atoms with Crippen molar-refractivity contribution in [1.82, 2.24) is 9.97 Å². The number of nitrogen functional groups attached to an aromatic ring is 1. The van der Waals surface area contributed by atoms with E-state index in [-0.39, 0.29) is 0 Å². The molecule has 6 heteroatoms. The van der Waals surface area contributed by atoms with Gasteiger partial charge in [-0.2, -0.15) is 4.98 Å². The zero-order chi connectivity index (χ0) is 17.4. The summed E-state index contributed by atoms with van der Waals surface area (Å²) in [6, 6.07) is 6.64. The van der Waals surface area contributed by atoms with Gasteiger partial charge in [-0.1, -0.05) is 62.2 Å². The van der Waals surface area contributed by atoms with Crippen LogP contribution in [-0.2, 0) is 6.42 Å². The first kappa shape index (κ1) is 18.8. The standard InChI is InChI=1S/C18H23Cl2N3O/c1-2-3-4-5-6-7-8-17-22-16(21)12-18(23-17)24-15-10-9-13(19)11-14(15)20/h9-12H,2-8H2,1H3,(H2,21,22,23). The van der Waals surface area contributed by atoms with Crippen molar-refractivity contribution >= 4 is 29.0 Å². The minimum absolute atomic E-state index is 0.395. The molecule has 2 aromatic rings. The van der Waals surface area contributed by atoms with Gasteiger partial charge in [0, 0.05) is 17.5 Å². The Bertz CT molecular complexity index is 665. The van der Waals surface area contributed by atoms with Crippen LogP contribution in [0.25, 0.3) is 0 Å². The third kappa shape index (κ3) is 6.17. The van der Waals surface area contributed by atoms with Gasteiger partial charge < -0.3 is 10.5 Å². The molecule has 0 bridgehead atoms. The van der Waals surface area contributed by atoms with Crippen molar-refractivity contribution in [3.8, 4) is 11.6 Å². The lowest BCUT2D eigenvalue weighted by atomic mass is 10.1. The minimum Gasteiger partial charge on any atom is -0.437 e. The molecule has 0 fully saturated rings. The average Bonchev–Trinajstić information content (AvgIpc) is 2.53. The highest BCUT2D eigenvalue weighted by Gasteiger charge is 2.08. The number of aromatic nitrogens is 2.